The SMILES string of the molecule is CCc1nc(C(C)NC(COC)C(C)C)cs1. The quantitative estimate of drug-likeness (QED) is 0.814. The summed E-state index contributed by atoms with van der Waals surface area (Å²) in [7, 11) is 1.75. The molecular formula is C13H24N2OS. The van der Waals surface area contributed by atoms with Gasteiger partial charge in [-0.1, -0.05) is 20.8 Å². The first-order valence-electron chi connectivity index (χ1n) is 6.27. The summed E-state index contributed by atoms with van der Waals surface area (Å²) in [5.74, 6) is 0.557. The van der Waals surface area contributed by atoms with Gasteiger partial charge in [-0.15, -0.1) is 11.3 Å². The number of methoxy groups -OCH3 is 1. The second kappa shape index (κ2) is 7.09. The van der Waals surface area contributed by atoms with E-state index in [1.807, 2.05) is 0 Å². The molecule has 3 nitrogen and oxygen atoms in total. The molecule has 17 heavy (non-hydrogen) atoms. The molecule has 1 rings (SSSR count). The van der Waals surface area contributed by atoms with E-state index in [4.69, 9.17) is 4.74 Å². The first-order valence-corrected chi connectivity index (χ1v) is 7.15. The number of rotatable bonds is 7. The molecule has 0 aliphatic rings. The van der Waals surface area contributed by atoms with Crippen LogP contribution in [0.4, 0.5) is 0 Å². The maximum atomic E-state index is 5.25. The van der Waals surface area contributed by atoms with Crippen molar-refractivity contribution in [3.05, 3.63) is 16.1 Å². The van der Waals surface area contributed by atoms with E-state index < -0.39 is 0 Å². The fraction of sp³-hybridized carbons (Fsp3) is 0.769. The van der Waals surface area contributed by atoms with Crippen molar-refractivity contribution in [3.63, 3.8) is 0 Å². The smallest absolute Gasteiger partial charge is 0.0926 e. The Kier molecular flexibility index (Phi) is 6.09. The standard InChI is InChI=1S/C13H24N2OS/c1-6-13-15-12(8-17-13)10(4)14-11(7-16-5)9(2)3/h8-11,14H,6-7H2,1-5H3. The minimum atomic E-state index is 0.286. The van der Waals surface area contributed by atoms with E-state index >= 15 is 0 Å². The Morgan fingerprint density at radius 1 is 1.41 bits per heavy atom. The molecule has 0 aliphatic carbocycles. The Morgan fingerprint density at radius 3 is 2.59 bits per heavy atom. The van der Waals surface area contributed by atoms with Crippen LogP contribution in [-0.4, -0.2) is 24.7 Å². The Hall–Kier alpha value is -0.450. The largest absolute Gasteiger partial charge is 0.383 e. The van der Waals surface area contributed by atoms with Gasteiger partial charge in [0.1, 0.15) is 0 Å². The van der Waals surface area contributed by atoms with Crippen LogP contribution in [0.2, 0.25) is 0 Å². The summed E-state index contributed by atoms with van der Waals surface area (Å²) in [6.45, 7) is 9.47. The van der Waals surface area contributed by atoms with E-state index in [0.717, 1.165) is 18.7 Å². The monoisotopic (exact) mass is 256 g/mol. The van der Waals surface area contributed by atoms with E-state index in [-0.39, 0.29) is 6.04 Å². The predicted molar refractivity (Wildman–Crippen MR) is 73.5 cm³/mol. The molecule has 1 N–H and O–H groups in total. The Labute approximate surface area is 109 Å². The highest BCUT2D eigenvalue weighted by atomic mass is 32.1. The third-order valence-electron chi connectivity index (χ3n) is 2.93. The Morgan fingerprint density at radius 2 is 2.12 bits per heavy atom. The summed E-state index contributed by atoms with van der Waals surface area (Å²) in [5, 5.41) is 6.95. The van der Waals surface area contributed by atoms with Gasteiger partial charge in [0.25, 0.3) is 0 Å². The van der Waals surface area contributed by atoms with Gasteiger partial charge in [0.05, 0.1) is 17.3 Å². The van der Waals surface area contributed by atoms with E-state index in [0.29, 0.717) is 12.0 Å². The van der Waals surface area contributed by atoms with Gasteiger partial charge >= 0.3 is 0 Å². The molecule has 4 heteroatoms. The van der Waals surface area contributed by atoms with Crippen LogP contribution in [0.15, 0.2) is 5.38 Å². The maximum absolute atomic E-state index is 5.25. The van der Waals surface area contributed by atoms with Crippen LogP contribution >= 0.6 is 11.3 Å². The first-order chi connectivity index (χ1) is 8.08. The Balaban J connectivity index is 2.59. The molecule has 0 aliphatic heterocycles. The highest BCUT2D eigenvalue weighted by Gasteiger charge is 2.18. The van der Waals surface area contributed by atoms with Crippen molar-refractivity contribution in [1.82, 2.24) is 10.3 Å². The van der Waals surface area contributed by atoms with Crippen molar-refractivity contribution in [3.8, 4) is 0 Å². The molecule has 2 atom stereocenters. The summed E-state index contributed by atoms with van der Waals surface area (Å²) < 4.78 is 5.25. The molecule has 1 aromatic heterocycles. The molecule has 1 heterocycles. The molecular weight excluding hydrogens is 232 g/mol. The van der Waals surface area contributed by atoms with Crippen molar-refractivity contribution in [2.45, 2.75) is 46.2 Å². The number of aromatic nitrogens is 1. The lowest BCUT2D eigenvalue weighted by atomic mass is 10.0. The van der Waals surface area contributed by atoms with Gasteiger partial charge in [0.2, 0.25) is 0 Å². The van der Waals surface area contributed by atoms with Crippen LogP contribution in [0, 0.1) is 5.92 Å². The molecule has 0 aromatic carbocycles. The summed E-state index contributed by atoms with van der Waals surface area (Å²) >= 11 is 1.74. The number of ether oxygens (including phenoxy) is 1. The number of thiazole rings is 1. The van der Waals surface area contributed by atoms with Crippen LogP contribution in [0.5, 0.6) is 0 Å². The third kappa shape index (κ3) is 4.37. The maximum Gasteiger partial charge on any atom is 0.0926 e. The van der Waals surface area contributed by atoms with Crippen molar-refractivity contribution < 1.29 is 4.74 Å². The van der Waals surface area contributed by atoms with Crippen LogP contribution in [0.3, 0.4) is 0 Å². The molecule has 98 valence electrons. The minimum Gasteiger partial charge on any atom is -0.383 e. The van der Waals surface area contributed by atoms with Gasteiger partial charge in [-0.25, -0.2) is 4.98 Å². The number of aryl methyl sites for hydroxylation is 1. The second-order valence-corrected chi connectivity index (χ2v) is 5.66. The van der Waals surface area contributed by atoms with E-state index in [1.165, 1.54) is 5.01 Å². The van der Waals surface area contributed by atoms with Crippen molar-refractivity contribution >= 4 is 11.3 Å². The zero-order valence-electron chi connectivity index (χ0n) is 11.5. The predicted octanol–water partition coefficient (Wildman–Crippen LogP) is 3.03. The lowest BCUT2D eigenvalue weighted by molar-refractivity contribution is 0.141. The highest BCUT2D eigenvalue weighted by molar-refractivity contribution is 7.09. The molecule has 2 unspecified atom stereocenters. The molecule has 0 bridgehead atoms. The van der Waals surface area contributed by atoms with Crippen LogP contribution < -0.4 is 5.32 Å². The van der Waals surface area contributed by atoms with Crippen LogP contribution in [0.25, 0.3) is 0 Å². The Bertz CT molecular complexity index is 325. The third-order valence-corrected chi connectivity index (χ3v) is 3.94. The van der Waals surface area contributed by atoms with Crippen LogP contribution in [0.1, 0.15) is 44.4 Å². The van der Waals surface area contributed by atoms with Gasteiger partial charge in [-0.2, -0.15) is 0 Å². The lowest BCUT2D eigenvalue weighted by Crippen LogP contribution is -2.39. The summed E-state index contributed by atoms with van der Waals surface area (Å²) in [6, 6.07) is 0.663. The van der Waals surface area contributed by atoms with Gasteiger partial charge in [0.15, 0.2) is 0 Å². The van der Waals surface area contributed by atoms with Crippen molar-refractivity contribution in [2.24, 2.45) is 5.92 Å². The van der Waals surface area contributed by atoms with Crippen molar-refractivity contribution in [2.75, 3.05) is 13.7 Å². The second-order valence-electron chi connectivity index (χ2n) is 4.71. The number of hydrogen-bond donors (Lipinski definition) is 1. The van der Waals surface area contributed by atoms with E-state index in [9.17, 15) is 0 Å². The summed E-state index contributed by atoms with van der Waals surface area (Å²) in [5.41, 5.74) is 1.15. The average Bonchev–Trinajstić information content (AvgIpc) is 2.76. The zero-order chi connectivity index (χ0) is 12.8. The topological polar surface area (TPSA) is 34.2 Å². The van der Waals surface area contributed by atoms with E-state index in [1.54, 1.807) is 18.4 Å². The molecule has 0 radical (unpaired) electrons. The van der Waals surface area contributed by atoms with Gasteiger partial charge in [0, 0.05) is 24.6 Å². The molecule has 0 fully saturated rings. The lowest BCUT2D eigenvalue weighted by Gasteiger charge is -2.25. The normalized spacial score (nSPS) is 15.2. The first kappa shape index (κ1) is 14.6. The number of nitrogens with zero attached hydrogens (tertiary/aromatic N) is 1. The fourth-order valence-electron chi connectivity index (χ4n) is 1.71. The van der Waals surface area contributed by atoms with Gasteiger partial charge in [-0.05, 0) is 19.3 Å². The summed E-state index contributed by atoms with van der Waals surface area (Å²) in [4.78, 5) is 4.62. The zero-order valence-corrected chi connectivity index (χ0v) is 12.3. The minimum absolute atomic E-state index is 0.286. The molecule has 0 amide bonds. The molecule has 0 saturated heterocycles. The molecule has 0 spiro atoms. The molecule has 1 aromatic rings. The van der Waals surface area contributed by atoms with Gasteiger partial charge in [-0.3, -0.25) is 0 Å². The number of hydrogen-bond acceptors (Lipinski definition) is 4. The van der Waals surface area contributed by atoms with Crippen LogP contribution in [-0.2, 0) is 11.2 Å². The highest BCUT2D eigenvalue weighted by Crippen LogP contribution is 2.18. The fourth-order valence-corrected chi connectivity index (χ4v) is 2.54. The summed E-state index contributed by atoms with van der Waals surface area (Å²) in [6.07, 6.45) is 1.02. The van der Waals surface area contributed by atoms with Crippen molar-refractivity contribution in [1.29, 1.82) is 0 Å². The number of nitrogens with one attached hydrogen (secondary N) is 1. The molecule has 0 saturated carbocycles. The van der Waals surface area contributed by atoms with E-state index in [2.05, 4.69) is 43.4 Å². The average molecular weight is 256 g/mol. The van der Waals surface area contributed by atoms with Gasteiger partial charge < -0.3 is 10.1 Å².